The number of ether oxygens (including phenoxy) is 1. The highest BCUT2D eigenvalue weighted by atomic mass is 32.2. The molecule has 0 radical (unpaired) electrons. The SMILES string of the molecule is CS(=O)(=O)N(CC(=O)NCc1ccccc1CN1CCCC1=O)c1ccc(C(=O)N2CCOCC2)cc1. The Hall–Kier alpha value is -3.44. The summed E-state index contributed by atoms with van der Waals surface area (Å²) in [7, 11) is -3.76. The zero-order valence-corrected chi connectivity index (χ0v) is 21.7. The van der Waals surface area contributed by atoms with Gasteiger partial charge in [0, 0.05) is 44.7 Å². The van der Waals surface area contributed by atoms with Crippen LogP contribution in [-0.2, 0) is 37.4 Å². The minimum Gasteiger partial charge on any atom is -0.378 e. The van der Waals surface area contributed by atoms with Gasteiger partial charge in [-0.05, 0) is 41.8 Å². The van der Waals surface area contributed by atoms with Gasteiger partial charge in [0.25, 0.3) is 5.91 Å². The Morgan fingerprint density at radius 2 is 1.68 bits per heavy atom. The standard InChI is InChI=1S/C26H32N4O6S/c1-37(34,35)30(23-10-8-20(9-11-23)26(33)28-13-15-36-16-14-28)19-24(31)27-17-21-5-2-3-6-22(21)18-29-12-4-7-25(29)32/h2-3,5-6,8-11H,4,7,12-19H2,1H3,(H,27,31). The first-order valence-corrected chi connectivity index (χ1v) is 14.1. The van der Waals surface area contributed by atoms with Crippen LogP contribution in [-0.4, -0.2) is 81.6 Å². The zero-order valence-electron chi connectivity index (χ0n) is 20.9. The maximum atomic E-state index is 12.8. The lowest BCUT2D eigenvalue weighted by Gasteiger charge is -2.27. The van der Waals surface area contributed by atoms with Gasteiger partial charge in [-0.2, -0.15) is 0 Å². The molecule has 2 fully saturated rings. The van der Waals surface area contributed by atoms with Gasteiger partial charge in [0.2, 0.25) is 21.8 Å². The number of amides is 3. The Morgan fingerprint density at radius 3 is 2.30 bits per heavy atom. The fraction of sp³-hybridized carbons (Fsp3) is 0.423. The third-order valence-electron chi connectivity index (χ3n) is 6.52. The van der Waals surface area contributed by atoms with Crippen molar-refractivity contribution in [1.82, 2.24) is 15.1 Å². The lowest BCUT2D eigenvalue weighted by atomic mass is 10.1. The van der Waals surface area contributed by atoms with Gasteiger partial charge in [0.15, 0.2) is 0 Å². The van der Waals surface area contributed by atoms with Crippen LogP contribution in [0.3, 0.4) is 0 Å². The van der Waals surface area contributed by atoms with E-state index in [-0.39, 0.29) is 18.4 Å². The number of hydrogen-bond donors (Lipinski definition) is 1. The van der Waals surface area contributed by atoms with Gasteiger partial charge >= 0.3 is 0 Å². The van der Waals surface area contributed by atoms with E-state index in [9.17, 15) is 22.8 Å². The quantitative estimate of drug-likeness (QED) is 0.526. The van der Waals surface area contributed by atoms with Crippen molar-refractivity contribution in [3.8, 4) is 0 Å². The molecule has 2 saturated heterocycles. The Morgan fingerprint density at radius 1 is 1.00 bits per heavy atom. The zero-order chi connectivity index (χ0) is 26.4. The first-order valence-electron chi connectivity index (χ1n) is 12.3. The summed E-state index contributed by atoms with van der Waals surface area (Å²) in [4.78, 5) is 41.0. The second-order valence-electron chi connectivity index (χ2n) is 9.19. The van der Waals surface area contributed by atoms with Crippen molar-refractivity contribution in [1.29, 1.82) is 0 Å². The molecule has 2 heterocycles. The van der Waals surface area contributed by atoms with E-state index in [2.05, 4.69) is 5.32 Å². The molecule has 2 aromatic rings. The molecule has 10 nitrogen and oxygen atoms in total. The third-order valence-corrected chi connectivity index (χ3v) is 7.66. The van der Waals surface area contributed by atoms with Gasteiger partial charge in [-0.25, -0.2) is 8.42 Å². The molecule has 198 valence electrons. The minimum atomic E-state index is -3.76. The lowest BCUT2D eigenvalue weighted by Crippen LogP contribution is -2.41. The maximum absolute atomic E-state index is 12.8. The number of carbonyl (C=O) groups excluding carboxylic acids is 3. The number of hydrogen-bond acceptors (Lipinski definition) is 6. The van der Waals surface area contributed by atoms with Crippen LogP contribution in [0.25, 0.3) is 0 Å². The highest BCUT2D eigenvalue weighted by molar-refractivity contribution is 7.92. The number of morpholine rings is 1. The summed E-state index contributed by atoms with van der Waals surface area (Å²) in [5.41, 5.74) is 2.55. The van der Waals surface area contributed by atoms with Crippen molar-refractivity contribution in [3.05, 3.63) is 65.2 Å². The largest absolute Gasteiger partial charge is 0.378 e. The molecule has 37 heavy (non-hydrogen) atoms. The second kappa shape index (κ2) is 11.7. The van der Waals surface area contributed by atoms with Crippen LogP contribution in [0.15, 0.2) is 48.5 Å². The fourth-order valence-corrected chi connectivity index (χ4v) is 5.32. The van der Waals surface area contributed by atoms with Crippen LogP contribution in [0.1, 0.15) is 34.3 Å². The summed E-state index contributed by atoms with van der Waals surface area (Å²) >= 11 is 0. The van der Waals surface area contributed by atoms with E-state index in [1.54, 1.807) is 21.9 Å². The molecule has 0 spiro atoms. The summed E-state index contributed by atoms with van der Waals surface area (Å²) in [5, 5.41) is 2.80. The van der Waals surface area contributed by atoms with E-state index in [0.717, 1.165) is 34.7 Å². The highest BCUT2D eigenvalue weighted by Crippen LogP contribution is 2.20. The molecule has 0 atom stereocenters. The van der Waals surface area contributed by atoms with Crippen molar-refractivity contribution in [2.45, 2.75) is 25.9 Å². The van der Waals surface area contributed by atoms with E-state index in [1.807, 2.05) is 24.3 Å². The van der Waals surface area contributed by atoms with Gasteiger partial charge in [-0.15, -0.1) is 0 Å². The van der Waals surface area contributed by atoms with Crippen molar-refractivity contribution < 1.29 is 27.5 Å². The molecule has 2 aliphatic heterocycles. The van der Waals surface area contributed by atoms with Gasteiger partial charge < -0.3 is 19.9 Å². The molecule has 4 rings (SSSR count). The predicted molar refractivity (Wildman–Crippen MR) is 138 cm³/mol. The third kappa shape index (κ3) is 6.86. The van der Waals surface area contributed by atoms with Crippen molar-refractivity contribution in [3.63, 3.8) is 0 Å². The lowest BCUT2D eigenvalue weighted by molar-refractivity contribution is -0.128. The molecule has 11 heteroatoms. The first-order chi connectivity index (χ1) is 17.7. The molecule has 0 aromatic heterocycles. The number of nitrogens with one attached hydrogen (secondary N) is 1. The molecule has 0 bridgehead atoms. The van der Waals surface area contributed by atoms with E-state index >= 15 is 0 Å². The van der Waals surface area contributed by atoms with Gasteiger partial charge in [-0.3, -0.25) is 18.7 Å². The van der Waals surface area contributed by atoms with Gasteiger partial charge in [-0.1, -0.05) is 24.3 Å². The normalized spacial score (nSPS) is 16.1. The number of likely N-dealkylation sites (tertiary alicyclic amines) is 1. The number of benzene rings is 2. The predicted octanol–water partition coefficient (Wildman–Crippen LogP) is 1.36. The molecule has 0 aliphatic carbocycles. The molecule has 2 aliphatic rings. The Kier molecular flexibility index (Phi) is 8.45. The molecular formula is C26H32N4O6S. The second-order valence-corrected chi connectivity index (χ2v) is 11.1. The minimum absolute atomic E-state index is 0.125. The molecular weight excluding hydrogens is 496 g/mol. The number of sulfonamides is 1. The fourth-order valence-electron chi connectivity index (χ4n) is 4.46. The summed E-state index contributed by atoms with van der Waals surface area (Å²) in [6.07, 6.45) is 2.44. The molecule has 1 N–H and O–H groups in total. The van der Waals surface area contributed by atoms with Crippen LogP contribution >= 0.6 is 0 Å². The van der Waals surface area contributed by atoms with Crippen LogP contribution in [0.4, 0.5) is 5.69 Å². The molecule has 3 amide bonds. The summed E-state index contributed by atoms with van der Waals surface area (Å²) in [6, 6.07) is 13.8. The average molecular weight is 529 g/mol. The topological polar surface area (TPSA) is 116 Å². The van der Waals surface area contributed by atoms with Gasteiger partial charge in [0.05, 0.1) is 25.2 Å². The van der Waals surface area contributed by atoms with Crippen LogP contribution in [0, 0.1) is 0 Å². The van der Waals surface area contributed by atoms with Crippen LogP contribution in [0.5, 0.6) is 0 Å². The van der Waals surface area contributed by atoms with Crippen molar-refractivity contribution >= 4 is 33.4 Å². The van der Waals surface area contributed by atoms with Crippen molar-refractivity contribution in [2.75, 3.05) is 50.0 Å². The monoisotopic (exact) mass is 528 g/mol. The van der Waals surface area contributed by atoms with Crippen molar-refractivity contribution in [2.24, 2.45) is 0 Å². The van der Waals surface area contributed by atoms with E-state index in [1.165, 1.54) is 12.1 Å². The number of nitrogens with zero attached hydrogens (tertiary/aromatic N) is 3. The average Bonchev–Trinajstić information content (AvgIpc) is 3.30. The summed E-state index contributed by atoms with van der Waals surface area (Å²) < 4.78 is 31.3. The number of rotatable bonds is 9. The molecule has 0 unspecified atom stereocenters. The maximum Gasteiger partial charge on any atom is 0.254 e. The Bertz CT molecular complexity index is 1240. The van der Waals surface area contributed by atoms with Crippen LogP contribution < -0.4 is 9.62 Å². The number of carbonyl (C=O) groups is 3. The Labute approximate surface area is 217 Å². The van der Waals surface area contributed by atoms with Crippen LogP contribution in [0.2, 0.25) is 0 Å². The van der Waals surface area contributed by atoms with E-state index in [4.69, 9.17) is 4.74 Å². The number of anilines is 1. The molecule has 2 aromatic carbocycles. The molecule has 0 saturated carbocycles. The smallest absolute Gasteiger partial charge is 0.254 e. The van der Waals surface area contributed by atoms with Gasteiger partial charge in [0.1, 0.15) is 6.54 Å². The van der Waals surface area contributed by atoms with E-state index in [0.29, 0.717) is 50.5 Å². The summed E-state index contributed by atoms with van der Waals surface area (Å²) in [6.45, 7) is 3.00. The summed E-state index contributed by atoms with van der Waals surface area (Å²) in [5.74, 6) is -0.487. The highest BCUT2D eigenvalue weighted by Gasteiger charge is 2.24. The Balaban J connectivity index is 1.40. The van der Waals surface area contributed by atoms with E-state index < -0.39 is 22.5 Å². The first kappa shape index (κ1) is 26.6.